The lowest BCUT2D eigenvalue weighted by Gasteiger charge is -2.13. The first-order valence-corrected chi connectivity index (χ1v) is 8.37. The minimum atomic E-state index is -0.598. The summed E-state index contributed by atoms with van der Waals surface area (Å²) >= 11 is 0. The molecule has 3 aromatic heterocycles. The smallest absolute Gasteiger partial charge is 0.271 e. The minimum absolute atomic E-state index is 0.0306. The second-order valence-corrected chi connectivity index (χ2v) is 6.04. The van der Waals surface area contributed by atoms with Gasteiger partial charge in [-0.3, -0.25) is 19.1 Å². The third-order valence-corrected chi connectivity index (χ3v) is 4.29. The largest absolute Gasteiger partial charge is 0.506 e. The third kappa shape index (κ3) is 2.97. The standard InChI is InChI=1S/C21H15N3O3/c25-17(12-14-6-4-10-22-13-14)18-19(26)16-9-5-11-23-20(16)24(21(18)27)15-7-2-1-3-8-15/h1-11,13,26H,12H2. The van der Waals surface area contributed by atoms with Gasteiger partial charge in [0.25, 0.3) is 5.56 Å². The Balaban J connectivity index is 1.96. The number of para-hydroxylation sites is 1. The van der Waals surface area contributed by atoms with Gasteiger partial charge >= 0.3 is 0 Å². The molecule has 27 heavy (non-hydrogen) atoms. The summed E-state index contributed by atoms with van der Waals surface area (Å²) in [7, 11) is 0. The summed E-state index contributed by atoms with van der Waals surface area (Å²) in [5.41, 5.74) is 0.687. The first-order valence-electron chi connectivity index (χ1n) is 8.37. The summed E-state index contributed by atoms with van der Waals surface area (Å²) in [6, 6.07) is 15.7. The molecule has 0 bridgehead atoms. The predicted molar refractivity (Wildman–Crippen MR) is 101 cm³/mol. The van der Waals surface area contributed by atoms with E-state index in [1.165, 1.54) is 10.8 Å². The molecule has 6 heteroatoms. The van der Waals surface area contributed by atoms with Crippen LogP contribution in [0.4, 0.5) is 0 Å². The number of ketones is 1. The molecule has 0 aliphatic heterocycles. The van der Waals surface area contributed by atoms with E-state index in [0.29, 0.717) is 22.3 Å². The quantitative estimate of drug-likeness (QED) is 0.568. The first kappa shape index (κ1) is 16.7. The maximum atomic E-state index is 13.2. The van der Waals surface area contributed by atoms with Crippen molar-refractivity contribution >= 4 is 16.8 Å². The van der Waals surface area contributed by atoms with Gasteiger partial charge < -0.3 is 5.11 Å². The molecule has 4 aromatic rings. The number of pyridine rings is 3. The number of rotatable bonds is 4. The van der Waals surface area contributed by atoms with Gasteiger partial charge in [-0.1, -0.05) is 24.3 Å². The lowest BCUT2D eigenvalue weighted by Crippen LogP contribution is -2.27. The monoisotopic (exact) mass is 357 g/mol. The average Bonchev–Trinajstić information content (AvgIpc) is 2.70. The highest BCUT2D eigenvalue weighted by atomic mass is 16.3. The number of aromatic hydroxyl groups is 1. The van der Waals surface area contributed by atoms with Crippen molar-refractivity contribution in [2.75, 3.05) is 0 Å². The Hall–Kier alpha value is -3.80. The summed E-state index contributed by atoms with van der Waals surface area (Å²) in [6.07, 6.45) is 4.68. The van der Waals surface area contributed by atoms with Crippen LogP contribution in [0.25, 0.3) is 16.7 Å². The number of hydrogen-bond donors (Lipinski definition) is 1. The van der Waals surface area contributed by atoms with Crippen LogP contribution in [0.5, 0.6) is 5.75 Å². The Morgan fingerprint density at radius 3 is 2.52 bits per heavy atom. The molecule has 0 saturated carbocycles. The summed E-state index contributed by atoms with van der Waals surface area (Å²) in [5.74, 6) is -0.815. The second-order valence-electron chi connectivity index (χ2n) is 6.04. The van der Waals surface area contributed by atoms with Gasteiger partial charge in [0.05, 0.1) is 11.1 Å². The zero-order valence-corrected chi connectivity index (χ0v) is 14.2. The summed E-state index contributed by atoms with van der Waals surface area (Å²) in [4.78, 5) is 34.3. The molecule has 1 aromatic carbocycles. The van der Waals surface area contributed by atoms with Crippen LogP contribution in [-0.2, 0) is 6.42 Å². The molecule has 0 amide bonds. The lowest BCUT2D eigenvalue weighted by molar-refractivity contribution is 0.0989. The molecule has 3 heterocycles. The van der Waals surface area contributed by atoms with Crippen molar-refractivity contribution in [3.05, 3.63) is 94.7 Å². The van der Waals surface area contributed by atoms with Gasteiger partial charge in [-0.2, -0.15) is 0 Å². The van der Waals surface area contributed by atoms with Crippen molar-refractivity contribution in [2.24, 2.45) is 0 Å². The van der Waals surface area contributed by atoms with Crippen LogP contribution >= 0.6 is 0 Å². The molecular formula is C21H15N3O3. The summed E-state index contributed by atoms with van der Waals surface area (Å²) in [5, 5.41) is 11.0. The van der Waals surface area contributed by atoms with Crippen LogP contribution < -0.4 is 5.56 Å². The molecular weight excluding hydrogens is 342 g/mol. The Kier molecular flexibility index (Phi) is 4.22. The lowest BCUT2D eigenvalue weighted by atomic mass is 10.0. The van der Waals surface area contributed by atoms with Crippen molar-refractivity contribution in [1.29, 1.82) is 0 Å². The molecule has 0 unspecified atom stereocenters. The number of Topliss-reactive ketones (excluding diaryl/α,β-unsaturated/α-hetero) is 1. The third-order valence-electron chi connectivity index (χ3n) is 4.29. The maximum absolute atomic E-state index is 13.2. The van der Waals surface area contributed by atoms with Crippen molar-refractivity contribution in [3.63, 3.8) is 0 Å². The van der Waals surface area contributed by atoms with Crippen LogP contribution in [0.15, 0.2) is 78.0 Å². The molecule has 1 N–H and O–H groups in total. The van der Waals surface area contributed by atoms with Gasteiger partial charge in [0.1, 0.15) is 11.3 Å². The molecule has 4 rings (SSSR count). The SMILES string of the molecule is O=C(Cc1cccnc1)c1c(O)c2cccnc2n(-c2ccccc2)c1=O. The molecule has 0 aliphatic carbocycles. The molecule has 0 atom stereocenters. The fourth-order valence-electron chi connectivity index (χ4n) is 3.05. The van der Waals surface area contributed by atoms with E-state index in [4.69, 9.17) is 0 Å². The van der Waals surface area contributed by atoms with Crippen LogP contribution in [-0.4, -0.2) is 25.4 Å². The normalized spacial score (nSPS) is 10.8. The molecule has 0 saturated heterocycles. The van der Waals surface area contributed by atoms with Crippen LogP contribution in [0, 0.1) is 0 Å². The van der Waals surface area contributed by atoms with Crippen molar-refractivity contribution in [3.8, 4) is 11.4 Å². The zero-order chi connectivity index (χ0) is 18.8. The van der Waals surface area contributed by atoms with Crippen LogP contribution in [0.2, 0.25) is 0 Å². The molecule has 0 aliphatic rings. The Morgan fingerprint density at radius 1 is 1.00 bits per heavy atom. The van der Waals surface area contributed by atoms with Crippen LogP contribution in [0.3, 0.4) is 0 Å². The molecule has 0 radical (unpaired) electrons. The number of benzene rings is 1. The Bertz CT molecular complexity index is 1190. The van der Waals surface area contributed by atoms with E-state index in [1.54, 1.807) is 60.9 Å². The van der Waals surface area contributed by atoms with Crippen LogP contribution in [0.1, 0.15) is 15.9 Å². The number of aromatic nitrogens is 3. The van der Waals surface area contributed by atoms with Crippen molar-refractivity contribution in [2.45, 2.75) is 6.42 Å². The van der Waals surface area contributed by atoms with Gasteiger partial charge in [0.2, 0.25) is 0 Å². The molecule has 0 spiro atoms. The number of nitrogens with zero attached hydrogens (tertiary/aromatic N) is 3. The Labute approximate surface area is 154 Å². The highest BCUT2D eigenvalue weighted by Crippen LogP contribution is 2.27. The van der Waals surface area contributed by atoms with E-state index in [1.807, 2.05) is 6.07 Å². The molecule has 132 valence electrons. The maximum Gasteiger partial charge on any atom is 0.271 e. The van der Waals surface area contributed by atoms with E-state index in [-0.39, 0.29) is 17.7 Å². The topological polar surface area (TPSA) is 85.1 Å². The number of carbonyl (C=O) groups excluding carboxylic acids is 1. The molecule has 6 nitrogen and oxygen atoms in total. The van der Waals surface area contributed by atoms with Gasteiger partial charge in [-0.05, 0) is 35.9 Å². The number of hydrogen-bond acceptors (Lipinski definition) is 5. The van der Waals surface area contributed by atoms with E-state index < -0.39 is 11.3 Å². The minimum Gasteiger partial charge on any atom is -0.506 e. The van der Waals surface area contributed by atoms with Gasteiger partial charge in [-0.15, -0.1) is 0 Å². The summed E-state index contributed by atoms with van der Waals surface area (Å²) in [6.45, 7) is 0. The number of carbonyl (C=O) groups is 1. The number of fused-ring (bicyclic) bond motifs is 1. The van der Waals surface area contributed by atoms with E-state index in [0.717, 1.165) is 0 Å². The van der Waals surface area contributed by atoms with E-state index in [9.17, 15) is 14.7 Å². The zero-order valence-electron chi connectivity index (χ0n) is 14.2. The van der Waals surface area contributed by atoms with Gasteiger partial charge in [0.15, 0.2) is 11.4 Å². The fraction of sp³-hybridized carbons (Fsp3) is 0.0476. The average molecular weight is 357 g/mol. The Morgan fingerprint density at radius 2 is 1.78 bits per heavy atom. The fourth-order valence-corrected chi connectivity index (χ4v) is 3.05. The van der Waals surface area contributed by atoms with Gasteiger partial charge in [0, 0.05) is 25.0 Å². The van der Waals surface area contributed by atoms with Crippen molar-refractivity contribution < 1.29 is 9.90 Å². The predicted octanol–water partition coefficient (Wildman–Crippen LogP) is 2.91. The van der Waals surface area contributed by atoms with E-state index in [2.05, 4.69) is 9.97 Å². The van der Waals surface area contributed by atoms with E-state index >= 15 is 0 Å². The highest BCUT2D eigenvalue weighted by molar-refractivity contribution is 6.04. The van der Waals surface area contributed by atoms with Gasteiger partial charge in [-0.25, -0.2) is 4.98 Å². The second kappa shape index (κ2) is 6.84. The first-order chi connectivity index (χ1) is 13.2. The molecule has 0 fully saturated rings. The highest BCUT2D eigenvalue weighted by Gasteiger charge is 2.23. The van der Waals surface area contributed by atoms with Crippen molar-refractivity contribution in [1.82, 2.24) is 14.5 Å². The summed E-state index contributed by atoms with van der Waals surface area (Å²) < 4.78 is 1.35.